The number of amides is 1. The number of hydrogen-bond acceptors (Lipinski definition) is 4. The quantitative estimate of drug-likeness (QED) is 0.483. The van der Waals surface area contributed by atoms with Crippen LogP contribution in [0.4, 0.5) is 23.4 Å². The monoisotopic (exact) mass is 494 g/mol. The van der Waals surface area contributed by atoms with Crippen molar-refractivity contribution in [2.45, 2.75) is 19.4 Å². The summed E-state index contributed by atoms with van der Waals surface area (Å²) < 4.78 is 46.7. The standard InChI is InChI=1S/C27H28BF3N3O2/c1-18-19(16-34-12-10-32-11-13-34)14-20(28(29,30)31)15-26(18)33-27(35)36-17-25-23-8-4-2-6-21(23)22-7-3-5-9-24(22)25/h2-9,14-15,25,32H,10-13,16-17H2,1H3,(H,33,35)/q-1. The molecule has 1 amide bonds. The number of carbonyl (C=O) groups is 1. The zero-order chi connectivity index (χ0) is 25.3. The fourth-order valence-electron chi connectivity index (χ4n) is 5.14. The van der Waals surface area contributed by atoms with E-state index in [0.29, 0.717) is 17.7 Å². The molecule has 3 aromatic carbocycles. The smallest absolute Gasteiger partial charge is 0.448 e. The van der Waals surface area contributed by atoms with Crippen molar-refractivity contribution in [1.82, 2.24) is 10.2 Å². The van der Waals surface area contributed by atoms with Gasteiger partial charge in [0.05, 0.1) is 0 Å². The minimum Gasteiger partial charge on any atom is -0.448 e. The van der Waals surface area contributed by atoms with E-state index in [2.05, 4.69) is 15.5 Å². The molecule has 0 spiro atoms. The molecule has 1 aliphatic heterocycles. The summed E-state index contributed by atoms with van der Waals surface area (Å²) in [6.45, 7) is 0.121. The summed E-state index contributed by atoms with van der Waals surface area (Å²) in [6.07, 6.45) is -0.764. The summed E-state index contributed by atoms with van der Waals surface area (Å²) in [5.74, 6) is -0.127. The molecule has 188 valence electrons. The number of ether oxygens (including phenoxy) is 1. The summed E-state index contributed by atoms with van der Waals surface area (Å²) in [5.41, 5.74) is 4.94. The summed E-state index contributed by atoms with van der Waals surface area (Å²) >= 11 is 0. The second-order valence-corrected chi connectivity index (χ2v) is 9.40. The van der Waals surface area contributed by atoms with Crippen molar-refractivity contribution in [1.29, 1.82) is 0 Å². The van der Waals surface area contributed by atoms with Gasteiger partial charge < -0.3 is 23.0 Å². The van der Waals surface area contributed by atoms with Crippen molar-refractivity contribution >= 4 is 24.2 Å². The molecule has 0 radical (unpaired) electrons. The molecule has 1 aliphatic carbocycles. The number of halogens is 3. The molecule has 9 heteroatoms. The average molecular weight is 494 g/mol. The second-order valence-electron chi connectivity index (χ2n) is 9.40. The van der Waals surface area contributed by atoms with Crippen LogP contribution in [-0.4, -0.2) is 50.8 Å². The van der Waals surface area contributed by atoms with Crippen LogP contribution in [0.1, 0.15) is 28.2 Å². The Hall–Kier alpha value is -3.30. The normalized spacial score (nSPS) is 15.9. The van der Waals surface area contributed by atoms with Gasteiger partial charge in [0.25, 0.3) is 0 Å². The number of benzene rings is 3. The Kier molecular flexibility index (Phi) is 6.77. The van der Waals surface area contributed by atoms with Gasteiger partial charge in [-0.25, -0.2) is 4.79 Å². The molecule has 5 rings (SSSR count). The number of piperazine rings is 1. The summed E-state index contributed by atoms with van der Waals surface area (Å²) in [4.78, 5) is 14.9. The van der Waals surface area contributed by atoms with E-state index in [1.807, 2.05) is 48.5 Å². The van der Waals surface area contributed by atoms with Crippen LogP contribution in [0.5, 0.6) is 0 Å². The third kappa shape index (κ3) is 4.99. The van der Waals surface area contributed by atoms with E-state index in [1.165, 1.54) is 6.07 Å². The molecule has 36 heavy (non-hydrogen) atoms. The molecule has 1 heterocycles. The van der Waals surface area contributed by atoms with E-state index in [0.717, 1.165) is 54.5 Å². The number of carbonyl (C=O) groups excluding carboxylic acids is 1. The molecule has 2 aliphatic rings. The zero-order valence-corrected chi connectivity index (χ0v) is 20.1. The molecule has 0 bridgehead atoms. The molecule has 0 aromatic heterocycles. The number of anilines is 1. The highest BCUT2D eigenvalue weighted by Crippen LogP contribution is 2.44. The highest BCUT2D eigenvalue weighted by molar-refractivity contribution is 6.73. The fourth-order valence-corrected chi connectivity index (χ4v) is 5.14. The van der Waals surface area contributed by atoms with Crippen LogP contribution in [-0.2, 0) is 11.3 Å². The molecule has 2 N–H and O–H groups in total. The largest absolute Gasteiger partial charge is 0.509 e. The van der Waals surface area contributed by atoms with E-state index < -0.39 is 18.5 Å². The lowest BCUT2D eigenvalue weighted by Crippen LogP contribution is -2.43. The van der Waals surface area contributed by atoms with Gasteiger partial charge in [0, 0.05) is 44.3 Å². The molecule has 1 fully saturated rings. The molecule has 5 nitrogen and oxygen atoms in total. The van der Waals surface area contributed by atoms with Gasteiger partial charge in [-0.15, -0.1) is 5.46 Å². The SMILES string of the molecule is Cc1c(CN2CCNCC2)cc([B-](F)(F)F)cc1NC(=O)OCC1c2ccccc2-c2ccccc21. The van der Waals surface area contributed by atoms with Gasteiger partial charge in [0.1, 0.15) is 6.61 Å². The van der Waals surface area contributed by atoms with E-state index >= 15 is 0 Å². The lowest BCUT2D eigenvalue weighted by atomic mass is 9.78. The van der Waals surface area contributed by atoms with Crippen molar-refractivity contribution < 1.29 is 22.5 Å². The van der Waals surface area contributed by atoms with Crippen molar-refractivity contribution in [2.75, 3.05) is 38.1 Å². The van der Waals surface area contributed by atoms with Crippen molar-refractivity contribution in [2.24, 2.45) is 0 Å². The minimum atomic E-state index is -5.22. The molecular weight excluding hydrogens is 466 g/mol. The Balaban J connectivity index is 1.34. The first-order valence-electron chi connectivity index (χ1n) is 12.2. The fraction of sp³-hybridized carbons (Fsp3) is 0.296. The minimum absolute atomic E-state index is 0.0927. The molecule has 0 saturated carbocycles. The molecule has 0 atom stereocenters. The van der Waals surface area contributed by atoms with Crippen molar-refractivity contribution in [3.05, 3.63) is 82.9 Å². The third-order valence-electron chi connectivity index (χ3n) is 7.10. The van der Waals surface area contributed by atoms with Crippen LogP contribution in [0.15, 0.2) is 60.7 Å². The van der Waals surface area contributed by atoms with E-state index in [-0.39, 0.29) is 18.2 Å². The topological polar surface area (TPSA) is 53.6 Å². The van der Waals surface area contributed by atoms with Gasteiger partial charge in [-0.1, -0.05) is 60.7 Å². The number of nitrogens with zero attached hydrogens (tertiary/aromatic N) is 1. The Morgan fingerprint density at radius 3 is 2.25 bits per heavy atom. The summed E-state index contributed by atoms with van der Waals surface area (Å²) in [6, 6.07) is 18.2. The Labute approximate surface area is 208 Å². The van der Waals surface area contributed by atoms with E-state index in [4.69, 9.17) is 4.74 Å². The highest BCUT2D eigenvalue weighted by atomic mass is 19.4. The van der Waals surface area contributed by atoms with Gasteiger partial charge in [0.2, 0.25) is 0 Å². The Bertz CT molecular complexity index is 1230. The maximum absolute atomic E-state index is 13.7. The first-order chi connectivity index (χ1) is 17.3. The second kappa shape index (κ2) is 9.99. The van der Waals surface area contributed by atoms with Gasteiger partial charge in [0.15, 0.2) is 0 Å². The summed E-state index contributed by atoms with van der Waals surface area (Å²) in [5, 5.41) is 5.84. The van der Waals surface area contributed by atoms with Gasteiger partial charge in [-0.3, -0.25) is 10.2 Å². The first kappa shape index (κ1) is 24.4. The number of fused-ring (bicyclic) bond motifs is 3. The van der Waals surface area contributed by atoms with Crippen LogP contribution >= 0.6 is 0 Å². The molecular formula is C27H28BF3N3O2-. The van der Waals surface area contributed by atoms with E-state index in [1.54, 1.807) is 6.92 Å². The van der Waals surface area contributed by atoms with Crippen LogP contribution in [0, 0.1) is 6.92 Å². The molecule has 1 saturated heterocycles. The Morgan fingerprint density at radius 1 is 1.03 bits per heavy atom. The van der Waals surface area contributed by atoms with Crippen LogP contribution < -0.4 is 16.1 Å². The van der Waals surface area contributed by atoms with Gasteiger partial charge in [-0.2, -0.15) is 0 Å². The van der Waals surface area contributed by atoms with Crippen molar-refractivity contribution in [3.8, 4) is 11.1 Å². The van der Waals surface area contributed by atoms with Gasteiger partial charge in [-0.05, 0) is 40.3 Å². The number of nitrogens with one attached hydrogen (secondary N) is 2. The lowest BCUT2D eigenvalue weighted by Gasteiger charge is -2.29. The van der Waals surface area contributed by atoms with Crippen LogP contribution in [0.3, 0.4) is 0 Å². The Morgan fingerprint density at radius 2 is 1.64 bits per heavy atom. The van der Waals surface area contributed by atoms with Crippen LogP contribution in [0.25, 0.3) is 11.1 Å². The predicted molar refractivity (Wildman–Crippen MR) is 137 cm³/mol. The highest BCUT2D eigenvalue weighted by Gasteiger charge is 2.30. The third-order valence-corrected chi connectivity index (χ3v) is 7.10. The zero-order valence-electron chi connectivity index (χ0n) is 20.1. The number of rotatable bonds is 6. The van der Waals surface area contributed by atoms with Gasteiger partial charge >= 0.3 is 13.1 Å². The van der Waals surface area contributed by atoms with E-state index in [9.17, 15) is 17.7 Å². The maximum atomic E-state index is 13.7. The molecule has 0 unspecified atom stereocenters. The van der Waals surface area contributed by atoms with Crippen LogP contribution in [0.2, 0.25) is 0 Å². The first-order valence-corrected chi connectivity index (χ1v) is 12.2. The lowest BCUT2D eigenvalue weighted by molar-refractivity contribution is 0.158. The maximum Gasteiger partial charge on any atom is 0.509 e. The van der Waals surface area contributed by atoms with Crippen molar-refractivity contribution in [3.63, 3.8) is 0 Å². The average Bonchev–Trinajstić information content (AvgIpc) is 3.19. The summed E-state index contributed by atoms with van der Waals surface area (Å²) in [7, 11) is 0. The number of hydrogen-bond donors (Lipinski definition) is 2. The predicted octanol–water partition coefficient (Wildman–Crippen LogP) is 4.82. The molecule has 3 aromatic rings.